The van der Waals surface area contributed by atoms with Gasteiger partial charge in [0, 0.05) is 30.2 Å². The molecule has 1 amide bonds. The molecule has 0 spiro atoms. The summed E-state index contributed by atoms with van der Waals surface area (Å²) in [5.74, 6) is 0.769. The Kier molecular flexibility index (Phi) is 7.06. The number of carbonyl (C=O) groups excluding carboxylic acids is 1. The average molecular weight is 455 g/mol. The van der Waals surface area contributed by atoms with E-state index >= 15 is 0 Å². The molecule has 1 saturated heterocycles. The van der Waals surface area contributed by atoms with Gasteiger partial charge < -0.3 is 9.64 Å². The molecule has 2 heterocycles. The van der Waals surface area contributed by atoms with E-state index in [2.05, 4.69) is 16.8 Å². The second-order valence-electron chi connectivity index (χ2n) is 7.06. The molecule has 1 aliphatic heterocycles. The Balaban J connectivity index is 1.68. The number of hydrogen-bond acceptors (Lipinski definition) is 5. The molecule has 31 heavy (non-hydrogen) atoms. The zero-order valence-electron chi connectivity index (χ0n) is 17.0. The van der Waals surface area contributed by atoms with Gasteiger partial charge in [-0.15, -0.1) is 16.8 Å². The van der Waals surface area contributed by atoms with Crippen LogP contribution in [0.1, 0.15) is 10.8 Å². The van der Waals surface area contributed by atoms with Crippen LogP contribution >= 0.6 is 23.4 Å². The Labute approximate surface area is 190 Å². The molecular formula is C23H23ClN4O2S. The van der Waals surface area contributed by atoms with Crippen molar-refractivity contribution in [2.75, 3.05) is 26.3 Å². The fourth-order valence-corrected chi connectivity index (χ4v) is 4.68. The first-order chi connectivity index (χ1) is 15.2. The molecule has 1 aliphatic rings. The van der Waals surface area contributed by atoms with Crippen LogP contribution in [0.15, 0.2) is 72.4 Å². The van der Waals surface area contributed by atoms with Crippen molar-refractivity contribution in [2.24, 2.45) is 0 Å². The number of aromatic nitrogens is 3. The van der Waals surface area contributed by atoms with Crippen molar-refractivity contribution in [2.45, 2.75) is 17.0 Å². The zero-order chi connectivity index (χ0) is 21.6. The molecular weight excluding hydrogens is 432 g/mol. The van der Waals surface area contributed by atoms with Gasteiger partial charge in [-0.05, 0) is 29.8 Å². The molecule has 0 saturated carbocycles. The van der Waals surface area contributed by atoms with E-state index in [1.165, 1.54) is 11.8 Å². The van der Waals surface area contributed by atoms with E-state index in [0.29, 0.717) is 48.9 Å². The Morgan fingerprint density at radius 3 is 2.52 bits per heavy atom. The fourth-order valence-electron chi connectivity index (χ4n) is 3.43. The summed E-state index contributed by atoms with van der Waals surface area (Å²) in [5, 5.41) is 9.74. The third-order valence-corrected chi connectivity index (χ3v) is 6.48. The molecule has 1 atom stereocenters. The van der Waals surface area contributed by atoms with E-state index in [0.717, 1.165) is 11.1 Å². The highest BCUT2D eigenvalue weighted by Gasteiger charge is 2.30. The largest absolute Gasteiger partial charge is 0.378 e. The number of ether oxygens (including phenoxy) is 1. The Hall–Kier alpha value is -2.61. The summed E-state index contributed by atoms with van der Waals surface area (Å²) >= 11 is 7.45. The second-order valence-corrected chi connectivity index (χ2v) is 8.57. The number of benzene rings is 2. The molecule has 160 valence electrons. The zero-order valence-corrected chi connectivity index (χ0v) is 18.6. The quantitative estimate of drug-likeness (QED) is 0.389. The highest BCUT2D eigenvalue weighted by molar-refractivity contribution is 8.00. The molecule has 0 unspecified atom stereocenters. The number of thioether (sulfide) groups is 1. The van der Waals surface area contributed by atoms with Gasteiger partial charge in [0.1, 0.15) is 5.25 Å². The van der Waals surface area contributed by atoms with Crippen molar-refractivity contribution in [1.82, 2.24) is 19.7 Å². The van der Waals surface area contributed by atoms with Crippen molar-refractivity contribution in [1.29, 1.82) is 0 Å². The highest BCUT2D eigenvalue weighted by atomic mass is 35.5. The summed E-state index contributed by atoms with van der Waals surface area (Å²) in [6, 6.07) is 17.3. The first-order valence-electron chi connectivity index (χ1n) is 10.1. The molecule has 1 aromatic heterocycles. The number of rotatable bonds is 7. The molecule has 0 bridgehead atoms. The lowest BCUT2D eigenvalue weighted by molar-refractivity contribution is -0.134. The van der Waals surface area contributed by atoms with Crippen molar-refractivity contribution >= 4 is 29.3 Å². The van der Waals surface area contributed by atoms with E-state index < -0.39 is 5.25 Å². The maximum Gasteiger partial charge on any atom is 0.240 e. The van der Waals surface area contributed by atoms with Crippen LogP contribution < -0.4 is 0 Å². The monoisotopic (exact) mass is 454 g/mol. The number of carbonyl (C=O) groups is 1. The minimum Gasteiger partial charge on any atom is -0.378 e. The van der Waals surface area contributed by atoms with E-state index in [1.807, 2.05) is 64.1 Å². The Morgan fingerprint density at radius 2 is 1.84 bits per heavy atom. The molecule has 2 aromatic carbocycles. The summed E-state index contributed by atoms with van der Waals surface area (Å²) in [6.45, 7) is 6.72. The van der Waals surface area contributed by atoms with Crippen molar-refractivity contribution in [3.8, 4) is 11.4 Å². The smallest absolute Gasteiger partial charge is 0.240 e. The molecule has 3 aromatic rings. The van der Waals surface area contributed by atoms with Crippen molar-refractivity contribution < 1.29 is 9.53 Å². The molecule has 0 radical (unpaired) electrons. The van der Waals surface area contributed by atoms with Gasteiger partial charge in [-0.2, -0.15) is 0 Å². The van der Waals surface area contributed by atoms with Gasteiger partial charge in [0.25, 0.3) is 0 Å². The van der Waals surface area contributed by atoms with E-state index in [-0.39, 0.29) is 5.91 Å². The topological polar surface area (TPSA) is 60.2 Å². The normalized spacial score (nSPS) is 14.9. The Morgan fingerprint density at radius 1 is 1.13 bits per heavy atom. The number of allylic oxidation sites excluding steroid dienone is 1. The van der Waals surface area contributed by atoms with E-state index in [4.69, 9.17) is 16.3 Å². The van der Waals surface area contributed by atoms with Crippen LogP contribution in [-0.4, -0.2) is 51.9 Å². The Bertz CT molecular complexity index is 1030. The van der Waals surface area contributed by atoms with E-state index in [9.17, 15) is 4.79 Å². The van der Waals surface area contributed by atoms with Crippen LogP contribution in [0.5, 0.6) is 0 Å². The van der Waals surface area contributed by atoms with Gasteiger partial charge in [-0.3, -0.25) is 9.36 Å². The summed E-state index contributed by atoms with van der Waals surface area (Å²) in [6.07, 6.45) is 1.80. The molecule has 0 N–H and O–H groups in total. The highest BCUT2D eigenvalue weighted by Crippen LogP contribution is 2.37. The maximum atomic E-state index is 13.4. The fraction of sp³-hybridized carbons (Fsp3) is 0.261. The maximum absolute atomic E-state index is 13.4. The third-order valence-electron chi connectivity index (χ3n) is 5.00. The average Bonchev–Trinajstić information content (AvgIpc) is 3.21. The van der Waals surface area contributed by atoms with Crippen molar-refractivity contribution in [3.05, 3.63) is 77.8 Å². The van der Waals surface area contributed by atoms with Gasteiger partial charge in [0.05, 0.1) is 13.2 Å². The number of halogens is 1. The minimum absolute atomic E-state index is 0.0562. The number of morpholine rings is 1. The lowest BCUT2D eigenvalue weighted by Crippen LogP contribution is -2.42. The SMILES string of the molecule is C=CCn1c(S[C@H](C(=O)N2CCOCC2)c2ccccc2)nnc1-c1ccc(Cl)cc1. The van der Waals surface area contributed by atoms with Gasteiger partial charge >= 0.3 is 0 Å². The van der Waals surface area contributed by atoms with Gasteiger partial charge in [-0.25, -0.2) is 0 Å². The number of hydrogen-bond donors (Lipinski definition) is 0. The lowest BCUT2D eigenvalue weighted by atomic mass is 10.1. The first-order valence-corrected chi connectivity index (χ1v) is 11.3. The van der Waals surface area contributed by atoms with E-state index in [1.54, 1.807) is 6.08 Å². The first kappa shape index (κ1) is 21.6. The van der Waals surface area contributed by atoms with Crippen molar-refractivity contribution in [3.63, 3.8) is 0 Å². The van der Waals surface area contributed by atoms with Crippen LogP contribution in [0, 0.1) is 0 Å². The van der Waals surface area contributed by atoms with Crippen LogP contribution in [0.2, 0.25) is 5.02 Å². The predicted octanol–water partition coefficient (Wildman–Crippen LogP) is 4.48. The standard InChI is InChI=1S/C23H23ClN4O2S/c1-2-12-28-21(18-8-10-19(24)11-9-18)25-26-23(28)31-20(17-6-4-3-5-7-17)22(29)27-13-15-30-16-14-27/h2-11,20H,1,12-16H2/t20-/m0/s1. The lowest BCUT2D eigenvalue weighted by Gasteiger charge is -2.30. The van der Waals surface area contributed by atoms with Crippen LogP contribution in [0.3, 0.4) is 0 Å². The summed E-state index contributed by atoms with van der Waals surface area (Å²) < 4.78 is 7.39. The molecule has 1 fully saturated rings. The summed E-state index contributed by atoms with van der Waals surface area (Å²) in [5.41, 5.74) is 1.84. The second kappa shape index (κ2) is 10.1. The molecule has 6 nitrogen and oxygen atoms in total. The summed E-state index contributed by atoms with van der Waals surface area (Å²) in [7, 11) is 0. The molecule has 8 heteroatoms. The van der Waals surface area contributed by atoms with Gasteiger partial charge in [0.2, 0.25) is 5.91 Å². The minimum atomic E-state index is -0.426. The third kappa shape index (κ3) is 5.01. The number of nitrogens with zero attached hydrogens (tertiary/aromatic N) is 4. The van der Waals surface area contributed by atoms with Crippen LogP contribution in [-0.2, 0) is 16.1 Å². The molecule has 4 rings (SSSR count). The van der Waals surface area contributed by atoms with Crippen LogP contribution in [0.25, 0.3) is 11.4 Å². The summed E-state index contributed by atoms with van der Waals surface area (Å²) in [4.78, 5) is 15.3. The van der Waals surface area contributed by atoms with Gasteiger partial charge in [0.15, 0.2) is 11.0 Å². The predicted molar refractivity (Wildman–Crippen MR) is 123 cm³/mol. The molecule has 0 aliphatic carbocycles. The van der Waals surface area contributed by atoms with Gasteiger partial charge in [-0.1, -0.05) is 59.8 Å². The van der Waals surface area contributed by atoms with Crippen LogP contribution in [0.4, 0.5) is 0 Å². The number of amides is 1.